The molecule has 0 radical (unpaired) electrons. The van der Waals surface area contributed by atoms with Gasteiger partial charge in [0.05, 0.1) is 0 Å². The Morgan fingerprint density at radius 1 is 1.31 bits per heavy atom. The number of carbonyl (C=O) groups is 1. The second-order valence-electron chi connectivity index (χ2n) is 4.90. The molecule has 0 aromatic rings. The Balaban J connectivity index is 2.29. The Kier molecular flexibility index (Phi) is 5.46. The molecule has 0 spiro atoms. The molecule has 1 rings (SSSR count). The predicted molar refractivity (Wildman–Crippen MR) is 70.9 cm³/mol. The van der Waals surface area contributed by atoms with Gasteiger partial charge < -0.3 is 10.2 Å². The van der Waals surface area contributed by atoms with Crippen LogP contribution in [-0.4, -0.2) is 42.6 Å². The summed E-state index contributed by atoms with van der Waals surface area (Å²) in [6.45, 7) is 2.31. The third kappa shape index (κ3) is 3.89. The normalized spacial score (nSPS) is 27.2. The lowest BCUT2D eigenvalue weighted by molar-refractivity contribution is 0.204. The molecule has 0 heterocycles. The molecule has 0 aliphatic heterocycles. The van der Waals surface area contributed by atoms with Crippen molar-refractivity contribution >= 4 is 17.8 Å². The number of amides is 2. The average molecular weight is 244 g/mol. The SMILES string of the molecule is CS[C@H](C)C1CCC(NC(=O)N(C)C)CC1. The number of urea groups is 1. The molecule has 0 unspecified atom stereocenters. The second-order valence-corrected chi connectivity index (χ2v) is 6.11. The van der Waals surface area contributed by atoms with Gasteiger partial charge in [-0.1, -0.05) is 6.92 Å². The van der Waals surface area contributed by atoms with E-state index in [1.807, 2.05) is 11.8 Å². The first-order chi connectivity index (χ1) is 7.54. The van der Waals surface area contributed by atoms with Crippen molar-refractivity contribution in [3.05, 3.63) is 0 Å². The molecular weight excluding hydrogens is 220 g/mol. The van der Waals surface area contributed by atoms with Gasteiger partial charge in [-0.2, -0.15) is 11.8 Å². The molecule has 0 bridgehead atoms. The summed E-state index contributed by atoms with van der Waals surface area (Å²) in [5.41, 5.74) is 0. The quantitative estimate of drug-likeness (QED) is 0.827. The number of nitrogens with one attached hydrogen (secondary N) is 1. The van der Waals surface area contributed by atoms with Crippen LogP contribution < -0.4 is 5.32 Å². The monoisotopic (exact) mass is 244 g/mol. The van der Waals surface area contributed by atoms with Gasteiger partial charge in [-0.15, -0.1) is 0 Å². The van der Waals surface area contributed by atoms with Gasteiger partial charge in [0.25, 0.3) is 0 Å². The van der Waals surface area contributed by atoms with E-state index in [1.165, 1.54) is 12.8 Å². The lowest BCUT2D eigenvalue weighted by atomic mass is 9.84. The molecule has 3 nitrogen and oxygen atoms in total. The third-order valence-corrected chi connectivity index (χ3v) is 4.67. The first-order valence-electron chi connectivity index (χ1n) is 6.05. The van der Waals surface area contributed by atoms with Gasteiger partial charge in [0.2, 0.25) is 0 Å². The molecule has 0 saturated heterocycles. The van der Waals surface area contributed by atoms with Crippen LogP contribution in [0, 0.1) is 5.92 Å². The second kappa shape index (κ2) is 6.38. The van der Waals surface area contributed by atoms with Gasteiger partial charge in [0.15, 0.2) is 0 Å². The standard InChI is InChI=1S/C12H24N2OS/c1-9(16-4)10-5-7-11(8-6-10)13-12(15)14(2)3/h9-11H,5-8H2,1-4H3,(H,13,15)/t9-,10?,11?/m1/s1. The summed E-state index contributed by atoms with van der Waals surface area (Å²) in [4.78, 5) is 13.1. The van der Waals surface area contributed by atoms with Crippen LogP contribution in [0.5, 0.6) is 0 Å². The maximum absolute atomic E-state index is 11.5. The van der Waals surface area contributed by atoms with E-state index in [2.05, 4.69) is 18.5 Å². The van der Waals surface area contributed by atoms with Crippen LogP contribution in [0.1, 0.15) is 32.6 Å². The zero-order chi connectivity index (χ0) is 12.1. The summed E-state index contributed by atoms with van der Waals surface area (Å²) in [5.74, 6) is 0.836. The van der Waals surface area contributed by atoms with E-state index in [0.29, 0.717) is 6.04 Å². The summed E-state index contributed by atoms with van der Waals surface area (Å²) in [6, 6.07) is 0.432. The fraction of sp³-hybridized carbons (Fsp3) is 0.917. The summed E-state index contributed by atoms with van der Waals surface area (Å²) in [6.07, 6.45) is 6.95. The third-order valence-electron chi connectivity index (χ3n) is 3.54. The molecule has 16 heavy (non-hydrogen) atoms. The van der Waals surface area contributed by atoms with Crippen molar-refractivity contribution in [3.8, 4) is 0 Å². The molecule has 2 amide bonds. The van der Waals surface area contributed by atoms with Crippen molar-refractivity contribution in [2.75, 3.05) is 20.4 Å². The topological polar surface area (TPSA) is 32.3 Å². The number of rotatable bonds is 3. The first-order valence-corrected chi connectivity index (χ1v) is 7.34. The Labute approximate surface area is 103 Å². The van der Waals surface area contributed by atoms with E-state index >= 15 is 0 Å². The van der Waals surface area contributed by atoms with Crippen molar-refractivity contribution in [1.82, 2.24) is 10.2 Å². The van der Waals surface area contributed by atoms with Crippen LogP contribution in [0.4, 0.5) is 4.79 Å². The fourth-order valence-electron chi connectivity index (χ4n) is 2.23. The van der Waals surface area contributed by atoms with E-state index < -0.39 is 0 Å². The Morgan fingerprint density at radius 2 is 1.88 bits per heavy atom. The van der Waals surface area contributed by atoms with Crippen LogP contribution in [0.2, 0.25) is 0 Å². The highest BCUT2D eigenvalue weighted by Gasteiger charge is 2.25. The van der Waals surface area contributed by atoms with E-state index in [9.17, 15) is 4.79 Å². The van der Waals surface area contributed by atoms with Gasteiger partial charge in [-0.25, -0.2) is 4.79 Å². The number of hydrogen-bond acceptors (Lipinski definition) is 2. The molecule has 1 aliphatic carbocycles. The average Bonchev–Trinajstić information content (AvgIpc) is 2.28. The van der Waals surface area contributed by atoms with Crippen molar-refractivity contribution in [1.29, 1.82) is 0 Å². The van der Waals surface area contributed by atoms with Gasteiger partial charge in [0.1, 0.15) is 0 Å². The Morgan fingerprint density at radius 3 is 2.31 bits per heavy atom. The molecule has 1 saturated carbocycles. The summed E-state index contributed by atoms with van der Waals surface area (Å²) >= 11 is 1.96. The van der Waals surface area contributed by atoms with Crippen molar-refractivity contribution in [2.45, 2.75) is 43.9 Å². The summed E-state index contributed by atoms with van der Waals surface area (Å²) in [7, 11) is 3.58. The molecule has 1 atom stereocenters. The molecule has 1 N–H and O–H groups in total. The maximum atomic E-state index is 11.5. The largest absolute Gasteiger partial charge is 0.335 e. The number of hydrogen-bond donors (Lipinski definition) is 1. The van der Waals surface area contributed by atoms with E-state index in [4.69, 9.17) is 0 Å². The number of carbonyl (C=O) groups excluding carboxylic acids is 1. The highest BCUT2D eigenvalue weighted by molar-refractivity contribution is 7.99. The lowest BCUT2D eigenvalue weighted by Gasteiger charge is -2.32. The Bertz CT molecular complexity index is 225. The first kappa shape index (κ1) is 13.7. The zero-order valence-corrected chi connectivity index (χ0v) is 11.6. The van der Waals surface area contributed by atoms with Gasteiger partial charge in [0, 0.05) is 25.4 Å². The smallest absolute Gasteiger partial charge is 0.317 e. The van der Waals surface area contributed by atoms with Crippen molar-refractivity contribution < 1.29 is 4.79 Å². The van der Waals surface area contributed by atoms with Crippen molar-refractivity contribution in [3.63, 3.8) is 0 Å². The van der Waals surface area contributed by atoms with Crippen LogP contribution >= 0.6 is 11.8 Å². The molecular formula is C12H24N2OS. The summed E-state index contributed by atoms with van der Waals surface area (Å²) < 4.78 is 0. The molecule has 94 valence electrons. The van der Waals surface area contributed by atoms with E-state index in [1.54, 1.807) is 19.0 Å². The lowest BCUT2D eigenvalue weighted by Crippen LogP contribution is -2.43. The number of thioether (sulfide) groups is 1. The van der Waals surface area contributed by atoms with Crippen LogP contribution in [0.3, 0.4) is 0 Å². The van der Waals surface area contributed by atoms with Gasteiger partial charge in [-0.3, -0.25) is 0 Å². The maximum Gasteiger partial charge on any atom is 0.317 e. The highest BCUT2D eigenvalue weighted by atomic mass is 32.2. The molecule has 0 aromatic carbocycles. The van der Waals surface area contributed by atoms with Gasteiger partial charge in [-0.05, 0) is 37.9 Å². The Hall–Kier alpha value is -0.380. The minimum Gasteiger partial charge on any atom is -0.335 e. The fourth-order valence-corrected chi connectivity index (χ4v) is 2.89. The molecule has 0 aromatic heterocycles. The van der Waals surface area contributed by atoms with E-state index in [0.717, 1.165) is 24.0 Å². The highest BCUT2D eigenvalue weighted by Crippen LogP contribution is 2.31. The summed E-state index contributed by atoms with van der Waals surface area (Å²) in [5, 5.41) is 3.83. The van der Waals surface area contributed by atoms with Crippen molar-refractivity contribution in [2.24, 2.45) is 5.92 Å². The molecule has 1 fully saturated rings. The molecule has 4 heteroatoms. The minimum absolute atomic E-state index is 0.0429. The zero-order valence-electron chi connectivity index (χ0n) is 10.8. The van der Waals surface area contributed by atoms with Crippen LogP contribution in [0.15, 0.2) is 0 Å². The van der Waals surface area contributed by atoms with Crippen LogP contribution in [-0.2, 0) is 0 Å². The molecule has 1 aliphatic rings. The van der Waals surface area contributed by atoms with E-state index in [-0.39, 0.29) is 6.03 Å². The minimum atomic E-state index is 0.0429. The predicted octanol–water partition coefficient (Wildman–Crippen LogP) is 2.57. The number of nitrogens with zero attached hydrogens (tertiary/aromatic N) is 1. The van der Waals surface area contributed by atoms with Gasteiger partial charge >= 0.3 is 6.03 Å². The van der Waals surface area contributed by atoms with Crippen LogP contribution in [0.25, 0.3) is 0 Å².